The molecule has 1 saturated heterocycles. The fraction of sp³-hybridized carbons (Fsp3) is 0.970. The van der Waals surface area contributed by atoms with E-state index in [4.69, 9.17) is 4.74 Å². The van der Waals surface area contributed by atoms with Crippen molar-refractivity contribution in [2.24, 2.45) is 55.7 Å². The largest absolute Gasteiger partial charge is 0.481 e. The highest BCUT2D eigenvalue weighted by atomic mass is 16.6. The predicted molar refractivity (Wildman–Crippen MR) is 147 cm³/mol. The third-order valence-electron chi connectivity index (χ3n) is 15.7. The van der Waals surface area contributed by atoms with Gasteiger partial charge in [-0.2, -0.15) is 0 Å². The number of hydrogen-bond donors (Lipinski definition) is 3. The molecule has 1 spiro atoms. The van der Waals surface area contributed by atoms with Crippen molar-refractivity contribution in [2.45, 2.75) is 131 Å². The van der Waals surface area contributed by atoms with Gasteiger partial charge in [-0.15, -0.1) is 0 Å². The summed E-state index contributed by atoms with van der Waals surface area (Å²) >= 11 is 0. The Bertz CT molecular complexity index is 1010. The van der Waals surface area contributed by atoms with Crippen molar-refractivity contribution >= 4 is 5.97 Å². The number of aliphatic carboxylic acids is 1. The topological polar surface area (TPSA) is 87.0 Å². The lowest BCUT2D eigenvalue weighted by atomic mass is 9.27. The average molecular weight is 531 g/mol. The first-order valence-corrected chi connectivity index (χ1v) is 15.9. The van der Waals surface area contributed by atoms with Crippen LogP contribution < -0.4 is 0 Å². The molecule has 6 aliphatic rings. The maximum absolute atomic E-state index is 12.4. The van der Waals surface area contributed by atoms with Crippen molar-refractivity contribution in [2.75, 3.05) is 13.2 Å². The first-order chi connectivity index (χ1) is 17.7. The molecule has 0 aromatic rings. The molecule has 0 aromatic carbocycles. The van der Waals surface area contributed by atoms with Gasteiger partial charge in [-0.25, -0.2) is 0 Å². The number of carboxylic acid groups (broad SMARTS) is 1. The average Bonchev–Trinajstić information content (AvgIpc) is 3.06. The number of ether oxygens (including phenoxy) is 1. The van der Waals surface area contributed by atoms with E-state index in [-0.39, 0.29) is 45.0 Å². The summed E-state index contributed by atoms with van der Waals surface area (Å²) in [5.41, 5.74) is -0.626. The molecule has 38 heavy (non-hydrogen) atoms. The third-order valence-corrected chi connectivity index (χ3v) is 15.7. The molecular formula is C33H54O5. The van der Waals surface area contributed by atoms with Gasteiger partial charge in [-0.05, 0) is 111 Å². The van der Waals surface area contributed by atoms with Crippen LogP contribution in [0, 0.1) is 55.7 Å². The van der Waals surface area contributed by atoms with Crippen molar-refractivity contribution in [1.29, 1.82) is 0 Å². The maximum atomic E-state index is 12.4. The Morgan fingerprint density at radius 2 is 1.47 bits per heavy atom. The summed E-state index contributed by atoms with van der Waals surface area (Å²) < 4.78 is 6.31. The molecule has 1 heterocycles. The van der Waals surface area contributed by atoms with Crippen LogP contribution in [0.5, 0.6) is 0 Å². The van der Waals surface area contributed by atoms with Crippen molar-refractivity contribution in [1.82, 2.24) is 0 Å². The van der Waals surface area contributed by atoms with Crippen LogP contribution in [0.15, 0.2) is 0 Å². The van der Waals surface area contributed by atoms with E-state index in [0.29, 0.717) is 24.9 Å². The SMILES string of the molecule is CCC[C@@H]1[C@@]23CC[C@H]4[C@@](C)(CC[C@@]5(C)[C@@H]6C[C@](C)(C(=O)O)CC[C@]6(C)CC[C@]45C)[C@]2(CO)CC[C@]1(O)OC3. The predicted octanol–water partition coefficient (Wildman–Crippen LogP) is 6.79. The Kier molecular flexibility index (Phi) is 5.79. The molecule has 0 amide bonds. The molecule has 11 atom stereocenters. The molecule has 0 unspecified atom stereocenters. The molecule has 2 bridgehead atoms. The monoisotopic (exact) mass is 530 g/mol. The molecule has 5 aliphatic carbocycles. The fourth-order valence-electron chi connectivity index (χ4n) is 13.1. The first-order valence-electron chi connectivity index (χ1n) is 15.9. The zero-order valence-corrected chi connectivity index (χ0v) is 25.0. The highest BCUT2D eigenvalue weighted by molar-refractivity contribution is 5.74. The van der Waals surface area contributed by atoms with Gasteiger partial charge in [0, 0.05) is 29.8 Å². The minimum atomic E-state index is -1.03. The second kappa shape index (κ2) is 8.00. The lowest BCUT2D eigenvalue weighted by Crippen LogP contribution is -2.73. The molecule has 6 rings (SSSR count). The van der Waals surface area contributed by atoms with Crippen LogP contribution in [0.2, 0.25) is 0 Å². The standard InChI is InChI=1S/C33H54O5/c1-7-8-23-31-10-9-22-28(4)14-13-26(2)11-12-27(3,25(35)36)19-24(26)29(28,5)15-16-30(22,6)32(31,20-34)17-18-33(23,37)38-21-31/h22-24,34,37H,7-21H2,1-6H3,(H,35,36)/t22-,23-,24-,26-,27-,28-,29+,30-,31+,32-,33+/m1/s1. The minimum absolute atomic E-state index is 0.0200. The quantitative estimate of drug-likeness (QED) is 0.372. The van der Waals surface area contributed by atoms with Crippen LogP contribution >= 0.6 is 0 Å². The number of fused-ring (bicyclic) bond motifs is 7. The van der Waals surface area contributed by atoms with Crippen LogP contribution in [0.4, 0.5) is 0 Å². The summed E-state index contributed by atoms with van der Waals surface area (Å²) in [6.45, 7) is 15.1. The maximum Gasteiger partial charge on any atom is 0.309 e. The summed E-state index contributed by atoms with van der Waals surface area (Å²) in [6.07, 6.45) is 12.8. The number of aliphatic hydroxyl groups is 2. The molecule has 3 N–H and O–H groups in total. The Morgan fingerprint density at radius 1 is 0.842 bits per heavy atom. The number of aliphatic hydroxyl groups excluding tert-OH is 1. The Hall–Kier alpha value is -0.650. The highest BCUT2D eigenvalue weighted by Crippen LogP contribution is 2.82. The third kappa shape index (κ3) is 2.88. The van der Waals surface area contributed by atoms with Crippen LogP contribution in [-0.2, 0) is 9.53 Å². The Morgan fingerprint density at radius 3 is 2.13 bits per heavy atom. The molecule has 5 nitrogen and oxygen atoms in total. The van der Waals surface area contributed by atoms with Gasteiger partial charge in [-0.1, -0.05) is 41.0 Å². The first kappa shape index (κ1) is 27.5. The molecule has 0 aromatic heterocycles. The van der Waals surface area contributed by atoms with Crippen LogP contribution in [0.1, 0.15) is 125 Å². The fourth-order valence-corrected chi connectivity index (χ4v) is 13.1. The summed E-state index contributed by atoms with van der Waals surface area (Å²) in [6, 6.07) is 0. The molecule has 0 radical (unpaired) electrons. The van der Waals surface area contributed by atoms with E-state index in [2.05, 4.69) is 34.6 Å². The zero-order valence-electron chi connectivity index (χ0n) is 25.0. The van der Waals surface area contributed by atoms with E-state index >= 15 is 0 Å². The lowest BCUT2D eigenvalue weighted by molar-refractivity contribution is -0.308. The minimum Gasteiger partial charge on any atom is -0.481 e. The Balaban J connectivity index is 1.44. The second-order valence-electron chi connectivity index (χ2n) is 16.5. The van der Waals surface area contributed by atoms with Crippen molar-refractivity contribution in [3.05, 3.63) is 0 Å². The molecule has 5 heteroatoms. The van der Waals surface area contributed by atoms with Crippen LogP contribution in [-0.4, -0.2) is 40.3 Å². The summed E-state index contributed by atoms with van der Waals surface area (Å²) in [4.78, 5) is 12.4. The van der Waals surface area contributed by atoms with E-state index in [1.165, 1.54) is 12.8 Å². The summed E-state index contributed by atoms with van der Waals surface area (Å²) in [5.74, 6) is -0.644. The van der Waals surface area contributed by atoms with Gasteiger partial charge in [0.1, 0.15) is 0 Å². The smallest absolute Gasteiger partial charge is 0.309 e. The Labute approximate surface area is 230 Å². The molecule has 216 valence electrons. The van der Waals surface area contributed by atoms with Gasteiger partial charge in [0.15, 0.2) is 5.79 Å². The number of hydrogen-bond acceptors (Lipinski definition) is 4. The molecule has 1 aliphatic heterocycles. The number of carboxylic acids is 1. The molecule has 6 fully saturated rings. The molecular weight excluding hydrogens is 476 g/mol. The van der Waals surface area contributed by atoms with E-state index in [1.54, 1.807) is 0 Å². The molecule has 5 saturated carbocycles. The van der Waals surface area contributed by atoms with Gasteiger partial charge in [0.25, 0.3) is 0 Å². The van der Waals surface area contributed by atoms with Gasteiger partial charge >= 0.3 is 5.97 Å². The van der Waals surface area contributed by atoms with E-state index < -0.39 is 17.2 Å². The van der Waals surface area contributed by atoms with Gasteiger partial charge in [-0.3, -0.25) is 4.79 Å². The normalized spacial score (nSPS) is 59.3. The number of carbonyl (C=O) groups is 1. The van der Waals surface area contributed by atoms with Crippen molar-refractivity contribution in [3.8, 4) is 0 Å². The highest BCUT2D eigenvalue weighted by Gasteiger charge is 2.79. The second-order valence-corrected chi connectivity index (χ2v) is 16.5. The van der Waals surface area contributed by atoms with Crippen molar-refractivity contribution < 1.29 is 24.9 Å². The van der Waals surface area contributed by atoms with Crippen LogP contribution in [0.25, 0.3) is 0 Å². The van der Waals surface area contributed by atoms with Gasteiger partial charge < -0.3 is 20.1 Å². The summed E-state index contributed by atoms with van der Waals surface area (Å²) in [7, 11) is 0. The van der Waals surface area contributed by atoms with E-state index in [0.717, 1.165) is 64.2 Å². The van der Waals surface area contributed by atoms with E-state index in [1.807, 2.05) is 6.92 Å². The van der Waals surface area contributed by atoms with Gasteiger partial charge in [0.05, 0.1) is 12.0 Å². The van der Waals surface area contributed by atoms with Crippen LogP contribution in [0.3, 0.4) is 0 Å². The summed E-state index contributed by atoms with van der Waals surface area (Å²) in [5, 5.41) is 33.3. The van der Waals surface area contributed by atoms with Crippen molar-refractivity contribution in [3.63, 3.8) is 0 Å². The van der Waals surface area contributed by atoms with Gasteiger partial charge in [0.2, 0.25) is 0 Å². The zero-order chi connectivity index (χ0) is 27.6. The lowest BCUT2D eigenvalue weighted by Gasteiger charge is -2.77. The van der Waals surface area contributed by atoms with E-state index in [9.17, 15) is 20.1 Å². The number of rotatable bonds is 4.